The number of carbonyl (C=O) groups is 2. The first-order chi connectivity index (χ1) is 12.7. The van der Waals surface area contributed by atoms with E-state index >= 15 is 0 Å². The number of hydrogen-bond donors (Lipinski definition) is 2. The fraction of sp³-hybridized carbons (Fsp3) is 0.188. The van der Waals surface area contributed by atoms with E-state index in [0.717, 1.165) is 23.1 Å². The highest BCUT2D eigenvalue weighted by Crippen LogP contribution is 2.34. The Morgan fingerprint density at radius 3 is 2.59 bits per heavy atom. The van der Waals surface area contributed by atoms with Gasteiger partial charge < -0.3 is 10.4 Å². The van der Waals surface area contributed by atoms with Crippen molar-refractivity contribution in [3.05, 3.63) is 53.0 Å². The number of aliphatic hydroxyl groups excluding tert-OH is 1. The van der Waals surface area contributed by atoms with Gasteiger partial charge in [-0.1, -0.05) is 11.6 Å². The first kappa shape index (κ1) is 18.9. The molecule has 11 heteroatoms. The summed E-state index contributed by atoms with van der Waals surface area (Å²) in [4.78, 5) is 24.8. The lowest BCUT2D eigenvalue weighted by Crippen LogP contribution is -2.34. The van der Waals surface area contributed by atoms with E-state index in [2.05, 4.69) is 10.4 Å². The Morgan fingerprint density at radius 1 is 1.26 bits per heavy atom. The molecule has 1 aromatic heterocycles. The maximum absolute atomic E-state index is 13.1. The van der Waals surface area contributed by atoms with E-state index in [1.54, 1.807) is 0 Å². The van der Waals surface area contributed by atoms with Crippen molar-refractivity contribution in [1.82, 2.24) is 14.7 Å². The Balaban J connectivity index is 2.01. The van der Waals surface area contributed by atoms with Crippen LogP contribution < -0.4 is 5.32 Å². The smallest absolute Gasteiger partial charge is 0.395 e. The van der Waals surface area contributed by atoms with Crippen LogP contribution in [0.5, 0.6) is 0 Å². The van der Waals surface area contributed by atoms with Crippen molar-refractivity contribution in [1.29, 1.82) is 0 Å². The second kappa shape index (κ2) is 7.05. The average Bonchev–Trinajstić information content (AvgIpc) is 3.13. The van der Waals surface area contributed by atoms with Gasteiger partial charge in [0.15, 0.2) is 0 Å². The highest BCUT2D eigenvalue weighted by molar-refractivity contribution is 6.30. The highest BCUT2D eigenvalue weighted by atomic mass is 35.5. The van der Waals surface area contributed by atoms with E-state index < -0.39 is 30.2 Å². The molecule has 0 aliphatic carbocycles. The van der Waals surface area contributed by atoms with Crippen molar-refractivity contribution in [2.45, 2.75) is 6.18 Å². The molecule has 2 heterocycles. The molecule has 27 heavy (non-hydrogen) atoms. The first-order valence-corrected chi connectivity index (χ1v) is 7.95. The molecule has 0 spiro atoms. The summed E-state index contributed by atoms with van der Waals surface area (Å²) < 4.78 is 40.5. The van der Waals surface area contributed by atoms with Gasteiger partial charge in [-0.25, -0.2) is 4.68 Å². The Bertz CT molecular complexity index is 939. The Hall–Kier alpha value is -2.85. The van der Waals surface area contributed by atoms with Crippen LogP contribution in [0.1, 0.15) is 5.56 Å². The van der Waals surface area contributed by atoms with Crippen LogP contribution in [0.15, 0.2) is 42.4 Å². The number of imide groups is 1. The fourth-order valence-corrected chi connectivity index (χ4v) is 2.64. The van der Waals surface area contributed by atoms with Gasteiger partial charge in [-0.2, -0.15) is 18.3 Å². The number of alkyl halides is 3. The standard InChI is InChI=1S/C16H12ClF3N4O3/c17-10-7-21-24(8-10)13-2-1-9(16(18,19)20)5-11(13)22-12-6-14(26)23(3-4-25)15(12)27/h1-2,5-8,22,25H,3-4H2. The Kier molecular flexibility index (Phi) is 4.94. The number of carbonyl (C=O) groups excluding carboxylic acids is 2. The molecule has 2 amide bonds. The van der Waals surface area contributed by atoms with Crippen molar-refractivity contribution in [2.24, 2.45) is 0 Å². The fourth-order valence-electron chi connectivity index (χ4n) is 2.50. The minimum atomic E-state index is -4.61. The van der Waals surface area contributed by atoms with Crippen LogP contribution >= 0.6 is 11.6 Å². The highest BCUT2D eigenvalue weighted by Gasteiger charge is 2.33. The van der Waals surface area contributed by atoms with Gasteiger partial charge >= 0.3 is 6.18 Å². The van der Waals surface area contributed by atoms with Crippen LogP contribution in [-0.4, -0.2) is 44.8 Å². The van der Waals surface area contributed by atoms with Gasteiger partial charge in [0.2, 0.25) is 0 Å². The molecule has 2 N–H and O–H groups in total. The van der Waals surface area contributed by atoms with Crippen molar-refractivity contribution in [3.63, 3.8) is 0 Å². The van der Waals surface area contributed by atoms with Gasteiger partial charge in [-0.15, -0.1) is 0 Å². The second-order valence-electron chi connectivity index (χ2n) is 5.53. The van der Waals surface area contributed by atoms with E-state index in [1.807, 2.05) is 0 Å². The molecule has 3 rings (SSSR count). The predicted molar refractivity (Wildman–Crippen MR) is 89.1 cm³/mol. The minimum absolute atomic E-state index is 0.0946. The molecule has 142 valence electrons. The molecule has 2 aromatic rings. The van der Waals surface area contributed by atoms with Crippen molar-refractivity contribution < 1.29 is 27.9 Å². The third-order valence-corrected chi connectivity index (χ3v) is 3.92. The molecule has 1 aliphatic rings. The average molecular weight is 401 g/mol. The van der Waals surface area contributed by atoms with E-state index in [4.69, 9.17) is 16.7 Å². The third kappa shape index (κ3) is 3.81. The zero-order chi connectivity index (χ0) is 19.8. The third-order valence-electron chi connectivity index (χ3n) is 3.72. The first-order valence-electron chi connectivity index (χ1n) is 7.58. The number of amides is 2. The van der Waals surface area contributed by atoms with Gasteiger partial charge in [-0.05, 0) is 18.2 Å². The summed E-state index contributed by atoms with van der Waals surface area (Å²) in [5, 5.41) is 15.7. The summed E-state index contributed by atoms with van der Waals surface area (Å²) in [7, 11) is 0. The summed E-state index contributed by atoms with van der Waals surface area (Å²) in [6.45, 7) is -0.650. The molecule has 0 unspecified atom stereocenters. The maximum atomic E-state index is 13.1. The van der Waals surface area contributed by atoms with E-state index in [0.29, 0.717) is 0 Å². The zero-order valence-corrected chi connectivity index (χ0v) is 14.3. The molecule has 7 nitrogen and oxygen atoms in total. The lowest BCUT2D eigenvalue weighted by Gasteiger charge is -2.17. The van der Waals surface area contributed by atoms with E-state index in [-0.39, 0.29) is 28.6 Å². The van der Waals surface area contributed by atoms with Crippen LogP contribution in [0, 0.1) is 0 Å². The number of nitrogens with one attached hydrogen (secondary N) is 1. The molecule has 0 radical (unpaired) electrons. The summed E-state index contributed by atoms with van der Waals surface area (Å²) in [6.07, 6.45) is -0.972. The van der Waals surface area contributed by atoms with Crippen molar-refractivity contribution in [2.75, 3.05) is 18.5 Å². The number of rotatable bonds is 5. The van der Waals surface area contributed by atoms with Crippen LogP contribution in [0.2, 0.25) is 5.02 Å². The minimum Gasteiger partial charge on any atom is -0.395 e. The zero-order valence-electron chi connectivity index (χ0n) is 13.5. The van der Waals surface area contributed by atoms with Crippen molar-refractivity contribution >= 4 is 29.1 Å². The monoisotopic (exact) mass is 400 g/mol. The summed E-state index contributed by atoms with van der Waals surface area (Å²) in [6, 6.07) is 2.84. The van der Waals surface area contributed by atoms with Gasteiger partial charge in [0, 0.05) is 12.3 Å². The second-order valence-corrected chi connectivity index (χ2v) is 5.97. The molecule has 0 saturated heterocycles. The quantitative estimate of drug-likeness (QED) is 0.751. The number of anilines is 1. The topological polar surface area (TPSA) is 87.5 Å². The molecule has 1 aromatic carbocycles. The lowest BCUT2D eigenvalue weighted by atomic mass is 10.1. The summed E-state index contributed by atoms with van der Waals surface area (Å²) in [5.41, 5.74) is -1.07. The summed E-state index contributed by atoms with van der Waals surface area (Å²) >= 11 is 5.81. The largest absolute Gasteiger partial charge is 0.416 e. The van der Waals surface area contributed by atoms with Crippen LogP contribution in [0.4, 0.5) is 18.9 Å². The molecule has 0 saturated carbocycles. The number of halogens is 4. The summed E-state index contributed by atoms with van der Waals surface area (Å²) in [5.74, 6) is -1.43. The Labute approximate surface area is 155 Å². The van der Waals surface area contributed by atoms with E-state index in [1.165, 1.54) is 23.1 Å². The molecule has 1 aliphatic heterocycles. The number of β-amino-alcohol motifs (C(OH)–C–C–N with tert-alkyl or cyclic N) is 1. The number of aliphatic hydroxyl groups is 1. The molecule has 0 fully saturated rings. The number of aromatic nitrogens is 2. The van der Waals surface area contributed by atoms with Crippen LogP contribution in [0.25, 0.3) is 5.69 Å². The normalized spacial score (nSPS) is 14.7. The van der Waals surface area contributed by atoms with Crippen molar-refractivity contribution in [3.8, 4) is 5.69 Å². The molecular formula is C16H12ClF3N4O3. The van der Waals surface area contributed by atoms with Crippen LogP contribution in [0.3, 0.4) is 0 Å². The predicted octanol–water partition coefficient (Wildman–Crippen LogP) is 2.20. The maximum Gasteiger partial charge on any atom is 0.416 e. The lowest BCUT2D eigenvalue weighted by molar-refractivity contribution is -0.138. The molecule has 0 atom stereocenters. The Morgan fingerprint density at radius 2 is 2.00 bits per heavy atom. The van der Waals surface area contributed by atoms with Crippen LogP contribution in [-0.2, 0) is 15.8 Å². The van der Waals surface area contributed by atoms with Gasteiger partial charge in [0.05, 0.1) is 41.3 Å². The van der Waals surface area contributed by atoms with Gasteiger partial charge in [0.1, 0.15) is 5.70 Å². The number of benzene rings is 1. The van der Waals surface area contributed by atoms with Gasteiger partial charge in [0.25, 0.3) is 11.8 Å². The molecular weight excluding hydrogens is 389 g/mol. The van der Waals surface area contributed by atoms with Gasteiger partial charge in [-0.3, -0.25) is 14.5 Å². The SMILES string of the molecule is O=C1C=C(Nc2cc(C(F)(F)F)ccc2-n2cc(Cl)cn2)C(=O)N1CCO. The molecule has 0 bridgehead atoms. The number of hydrogen-bond acceptors (Lipinski definition) is 5. The van der Waals surface area contributed by atoms with E-state index in [9.17, 15) is 22.8 Å². The number of nitrogens with zero attached hydrogens (tertiary/aromatic N) is 3.